The lowest BCUT2D eigenvalue weighted by Gasteiger charge is -2.18. The number of carbonyl (C=O) groups excluding carboxylic acids is 1. The first-order chi connectivity index (χ1) is 16.9. The Morgan fingerprint density at radius 2 is 1.97 bits per heavy atom. The van der Waals surface area contributed by atoms with Gasteiger partial charge in [0.15, 0.2) is 6.10 Å². The maximum Gasteiger partial charge on any atom is 0.303 e. The van der Waals surface area contributed by atoms with Crippen molar-refractivity contribution in [2.45, 2.75) is 45.1 Å². The third-order valence-electron chi connectivity index (χ3n) is 6.40. The van der Waals surface area contributed by atoms with Crippen LogP contribution in [0, 0.1) is 11.3 Å². The van der Waals surface area contributed by atoms with E-state index in [0.717, 1.165) is 39.6 Å². The van der Waals surface area contributed by atoms with Gasteiger partial charge in [0.1, 0.15) is 24.2 Å². The van der Waals surface area contributed by atoms with Gasteiger partial charge in [-0.05, 0) is 49.7 Å². The van der Waals surface area contributed by atoms with Crippen molar-refractivity contribution in [1.29, 1.82) is 5.26 Å². The normalized spacial score (nSPS) is 20.5. The summed E-state index contributed by atoms with van der Waals surface area (Å²) in [7, 11) is 0. The monoisotopic (exact) mass is 469 g/mol. The lowest BCUT2D eigenvalue weighted by molar-refractivity contribution is -0.149. The molecule has 0 bridgehead atoms. The van der Waals surface area contributed by atoms with Gasteiger partial charge < -0.3 is 24.8 Å². The third-order valence-corrected chi connectivity index (χ3v) is 6.40. The summed E-state index contributed by atoms with van der Waals surface area (Å²) in [5.41, 5.74) is 5.44. The Hall–Kier alpha value is -4.18. The second-order valence-electron chi connectivity index (χ2n) is 8.94. The summed E-state index contributed by atoms with van der Waals surface area (Å²) >= 11 is 0. The summed E-state index contributed by atoms with van der Waals surface area (Å²) in [6.45, 7) is 5.87. The molecular formula is C28H27N3O4. The lowest BCUT2D eigenvalue weighted by Crippen LogP contribution is -2.18. The zero-order chi connectivity index (χ0) is 24.5. The summed E-state index contributed by atoms with van der Waals surface area (Å²) in [6.07, 6.45) is -0.624. The molecule has 0 spiro atoms. The molecule has 178 valence electrons. The van der Waals surface area contributed by atoms with Crippen LogP contribution < -0.4 is 20.1 Å². The van der Waals surface area contributed by atoms with Gasteiger partial charge in [0.05, 0.1) is 23.4 Å². The van der Waals surface area contributed by atoms with E-state index in [9.17, 15) is 10.1 Å². The smallest absolute Gasteiger partial charge is 0.303 e. The fraction of sp³-hybridized carbons (Fsp3) is 0.286. The highest BCUT2D eigenvalue weighted by Crippen LogP contribution is 2.44. The van der Waals surface area contributed by atoms with Gasteiger partial charge in [0, 0.05) is 35.8 Å². The molecule has 0 saturated carbocycles. The number of para-hydroxylation sites is 1. The van der Waals surface area contributed by atoms with Crippen molar-refractivity contribution in [3.8, 4) is 17.6 Å². The van der Waals surface area contributed by atoms with Gasteiger partial charge in [-0.2, -0.15) is 5.26 Å². The Kier molecular flexibility index (Phi) is 5.96. The van der Waals surface area contributed by atoms with Gasteiger partial charge in [-0.25, -0.2) is 0 Å². The minimum absolute atomic E-state index is 0.00595. The number of ether oxygens (including phenoxy) is 3. The molecule has 0 aromatic heterocycles. The van der Waals surface area contributed by atoms with E-state index in [1.54, 1.807) is 6.07 Å². The van der Waals surface area contributed by atoms with Crippen LogP contribution >= 0.6 is 0 Å². The van der Waals surface area contributed by atoms with Crippen molar-refractivity contribution in [1.82, 2.24) is 0 Å². The van der Waals surface area contributed by atoms with Gasteiger partial charge in [-0.1, -0.05) is 24.3 Å². The van der Waals surface area contributed by atoms with E-state index in [1.165, 1.54) is 6.92 Å². The molecule has 3 aromatic rings. The highest BCUT2D eigenvalue weighted by molar-refractivity contribution is 5.68. The summed E-state index contributed by atoms with van der Waals surface area (Å²) in [5.74, 6) is 1.22. The molecule has 0 saturated heterocycles. The quantitative estimate of drug-likeness (QED) is 0.450. The predicted octanol–water partition coefficient (Wildman–Crippen LogP) is 5.66. The Morgan fingerprint density at radius 3 is 2.77 bits per heavy atom. The van der Waals surface area contributed by atoms with Crippen LogP contribution in [0.5, 0.6) is 11.5 Å². The molecule has 0 radical (unpaired) electrons. The topological polar surface area (TPSA) is 92.6 Å². The number of nitriles is 1. The molecule has 7 nitrogen and oxygen atoms in total. The molecule has 2 unspecified atom stereocenters. The molecule has 2 aliphatic heterocycles. The number of anilines is 2. The maximum atomic E-state index is 11.5. The van der Waals surface area contributed by atoms with E-state index in [1.807, 2.05) is 55.5 Å². The molecule has 7 heteroatoms. The van der Waals surface area contributed by atoms with E-state index in [4.69, 9.17) is 14.2 Å². The van der Waals surface area contributed by atoms with Crippen LogP contribution in [-0.2, 0) is 9.53 Å². The van der Waals surface area contributed by atoms with Gasteiger partial charge in [-0.3, -0.25) is 4.79 Å². The second kappa shape index (κ2) is 9.22. The standard InChI is InChI=1S/C28H27N3O4/c1-16(20-7-4-6-19(12-20)14-29)30-24-9-5-8-22-25(15-33-28(22)24)31-21-10-11-23-26(13-21)34-17(2)27(23)35-18(3)32/h4-13,16-17,25,27,30-31H,15H2,1-3H3/t16?,17?,25-,27-/m1/s1. The highest BCUT2D eigenvalue weighted by Gasteiger charge is 2.34. The summed E-state index contributed by atoms with van der Waals surface area (Å²) < 4.78 is 17.5. The number of nitrogens with zero attached hydrogens (tertiary/aromatic N) is 1. The van der Waals surface area contributed by atoms with E-state index in [-0.39, 0.29) is 24.2 Å². The number of hydrogen-bond donors (Lipinski definition) is 2. The van der Waals surface area contributed by atoms with Crippen molar-refractivity contribution in [2.24, 2.45) is 0 Å². The van der Waals surface area contributed by atoms with Gasteiger partial charge in [0.25, 0.3) is 0 Å². The Balaban J connectivity index is 1.32. The number of hydrogen-bond acceptors (Lipinski definition) is 7. The summed E-state index contributed by atoms with van der Waals surface area (Å²) in [6, 6.07) is 21.7. The Bertz CT molecular complexity index is 1320. The van der Waals surface area contributed by atoms with E-state index in [0.29, 0.717) is 12.2 Å². The first kappa shape index (κ1) is 22.6. The molecule has 35 heavy (non-hydrogen) atoms. The number of rotatable bonds is 6. The Morgan fingerprint density at radius 1 is 1.14 bits per heavy atom. The first-order valence-corrected chi connectivity index (χ1v) is 11.7. The van der Waals surface area contributed by atoms with E-state index in [2.05, 4.69) is 29.7 Å². The first-order valence-electron chi connectivity index (χ1n) is 11.7. The zero-order valence-corrected chi connectivity index (χ0v) is 19.9. The van der Waals surface area contributed by atoms with E-state index >= 15 is 0 Å². The van der Waals surface area contributed by atoms with Crippen molar-refractivity contribution in [2.75, 3.05) is 17.2 Å². The van der Waals surface area contributed by atoms with Crippen molar-refractivity contribution >= 4 is 17.3 Å². The van der Waals surface area contributed by atoms with Gasteiger partial charge in [-0.15, -0.1) is 0 Å². The average molecular weight is 470 g/mol. The molecule has 2 heterocycles. The van der Waals surface area contributed by atoms with Crippen LogP contribution in [0.25, 0.3) is 0 Å². The summed E-state index contributed by atoms with van der Waals surface area (Å²) in [5, 5.41) is 16.3. The van der Waals surface area contributed by atoms with Crippen molar-refractivity contribution in [3.63, 3.8) is 0 Å². The van der Waals surface area contributed by atoms with Crippen LogP contribution in [0.1, 0.15) is 61.2 Å². The Labute approximate surface area is 204 Å². The molecule has 4 atom stereocenters. The van der Waals surface area contributed by atoms with Crippen LogP contribution in [0.3, 0.4) is 0 Å². The van der Waals surface area contributed by atoms with Gasteiger partial charge in [0.2, 0.25) is 0 Å². The predicted molar refractivity (Wildman–Crippen MR) is 133 cm³/mol. The van der Waals surface area contributed by atoms with Crippen LogP contribution in [0.2, 0.25) is 0 Å². The lowest BCUT2D eigenvalue weighted by atomic mass is 10.0. The molecule has 0 fully saturated rings. The molecule has 0 amide bonds. The number of nitrogens with one attached hydrogen (secondary N) is 2. The zero-order valence-electron chi connectivity index (χ0n) is 19.9. The molecule has 3 aromatic carbocycles. The molecule has 2 N–H and O–H groups in total. The largest absolute Gasteiger partial charge is 0.489 e. The van der Waals surface area contributed by atoms with Crippen LogP contribution in [0.15, 0.2) is 60.7 Å². The molecular weight excluding hydrogens is 442 g/mol. The summed E-state index contributed by atoms with van der Waals surface area (Å²) in [4.78, 5) is 11.5. The van der Waals surface area contributed by atoms with Crippen molar-refractivity contribution < 1.29 is 19.0 Å². The highest BCUT2D eigenvalue weighted by atomic mass is 16.6. The number of benzene rings is 3. The second-order valence-corrected chi connectivity index (χ2v) is 8.94. The van der Waals surface area contributed by atoms with Gasteiger partial charge >= 0.3 is 5.97 Å². The molecule has 0 aliphatic carbocycles. The number of carbonyl (C=O) groups is 1. The fourth-order valence-corrected chi connectivity index (χ4v) is 4.69. The minimum Gasteiger partial charge on any atom is -0.489 e. The SMILES string of the molecule is CC(=O)O[C@H]1c2ccc(N[C@@H]3COc4c(NC(C)c5cccc(C#N)c5)cccc43)cc2OC1C. The average Bonchev–Trinajstić information content (AvgIpc) is 3.39. The number of esters is 1. The molecule has 5 rings (SSSR count). The van der Waals surface area contributed by atoms with Crippen molar-refractivity contribution in [3.05, 3.63) is 82.9 Å². The van der Waals surface area contributed by atoms with Crippen LogP contribution in [-0.4, -0.2) is 18.7 Å². The molecule has 2 aliphatic rings. The third kappa shape index (κ3) is 4.47. The van der Waals surface area contributed by atoms with Crippen LogP contribution in [0.4, 0.5) is 11.4 Å². The fourth-order valence-electron chi connectivity index (χ4n) is 4.69. The van der Waals surface area contributed by atoms with E-state index < -0.39 is 6.10 Å². The minimum atomic E-state index is -0.392. The number of fused-ring (bicyclic) bond motifs is 2. The maximum absolute atomic E-state index is 11.5.